The summed E-state index contributed by atoms with van der Waals surface area (Å²) in [4.78, 5) is 13.6. The van der Waals surface area contributed by atoms with E-state index in [0.717, 1.165) is 41.5 Å². The van der Waals surface area contributed by atoms with Crippen molar-refractivity contribution >= 4 is 34.5 Å². The van der Waals surface area contributed by atoms with E-state index in [1.165, 1.54) is 6.07 Å². The zero-order valence-electron chi connectivity index (χ0n) is 21.8. The monoisotopic (exact) mass is 541 g/mol. The highest BCUT2D eigenvalue weighted by Gasteiger charge is 2.24. The van der Waals surface area contributed by atoms with E-state index in [9.17, 15) is 9.90 Å². The van der Waals surface area contributed by atoms with Gasteiger partial charge in [-0.15, -0.1) is 0 Å². The minimum absolute atomic E-state index is 0.257. The summed E-state index contributed by atoms with van der Waals surface area (Å²) >= 11 is 6.38. The van der Waals surface area contributed by atoms with Gasteiger partial charge in [0.05, 0.1) is 17.0 Å². The van der Waals surface area contributed by atoms with Crippen molar-refractivity contribution < 1.29 is 23.8 Å². The predicted octanol–water partition coefficient (Wildman–Crippen LogP) is 6.03. The van der Waals surface area contributed by atoms with Gasteiger partial charge in [-0.1, -0.05) is 31.5 Å². The fraction of sp³-hybridized carbons (Fsp3) is 0.448. The molecule has 0 aliphatic carbocycles. The van der Waals surface area contributed by atoms with Crippen LogP contribution in [0, 0.1) is 17.7 Å². The molecule has 2 aliphatic rings. The molecule has 1 N–H and O–H groups in total. The summed E-state index contributed by atoms with van der Waals surface area (Å²) in [5.74, 6) is -0.0982. The number of likely N-dealkylation sites (tertiary alicyclic amines) is 1. The lowest BCUT2D eigenvalue weighted by atomic mass is 10.0. The van der Waals surface area contributed by atoms with Crippen LogP contribution in [0.4, 0.5) is 4.39 Å². The molecular weight excluding hydrogens is 509 g/mol. The van der Waals surface area contributed by atoms with E-state index in [4.69, 9.17) is 21.1 Å². The third-order valence-corrected chi connectivity index (χ3v) is 7.42. The second kappa shape index (κ2) is 11.3. The zero-order chi connectivity index (χ0) is 26.8. The van der Waals surface area contributed by atoms with Gasteiger partial charge in [-0.3, -0.25) is 14.4 Å². The summed E-state index contributed by atoms with van der Waals surface area (Å²) < 4.78 is 28.8. The van der Waals surface area contributed by atoms with E-state index < -0.39 is 11.8 Å². The van der Waals surface area contributed by atoms with Gasteiger partial charge in [-0.25, -0.2) is 4.39 Å². The molecule has 2 aromatic carbocycles. The molecule has 0 radical (unpaired) electrons. The smallest absolute Gasteiger partial charge is 0.306 e. The number of carboxylic acids is 1. The standard InChI is InChI=1S/C29H33ClFN3O4/c1-18(2)14-34-26-6-5-19(10-24(26)28(30)32-34)16-37-22-12-25(31)23-11-20(17-38-27(23)13-22)15-33-8-3-4-21(7-9-33)29(35)36/h5-6,10-13,18,21H,3-4,7-9,14-17H2,1-2H3,(H,35,36). The number of fused-ring (bicyclic) bond motifs is 2. The maximum Gasteiger partial charge on any atom is 0.306 e. The first-order valence-corrected chi connectivity index (χ1v) is 13.5. The second-order valence-electron chi connectivity index (χ2n) is 10.7. The summed E-state index contributed by atoms with van der Waals surface area (Å²) in [6, 6.07) is 9.03. The maximum absolute atomic E-state index is 15.1. The molecular formula is C29H33ClFN3O4. The third kappa shape index (κ3) is 5.97. The number of aromatic nitrogens is 2. The highest BCUT2D eigenvalue weighted by Crippen LogP contribution is 2.34. The lowest BCUT2D eigenvalue weighted by Crippen LogP contribution is -2.29. The van der Waals surface area contributed by atoms with Crippen LogP contribution < -0.4 is 9.47 Å². The molecule has 0 spiro atoms. The van der Waals surface area contributed by atoms with Crippen molar-refractivity contribution in [1.82, 2.24) is 14.7 Å². The fourth-order valence-corrected chi connectivity index (χ4v) is 5.44. The molecule has 3 aromatic rings. The Morgan fingerprint density at radius 3 is 2.89 bits per heavy atom. The minimum atomic E-state index is -0.719. The van der Waals surface area contributed by atoms with E-state index in [1.807, 2.05) is 29.0 Å². The maximum atomic E-state index is 15.1. The Labute approximate surface area is 226 Å². The van der Waals surface area contributed by atoms with Gasteiger partial charge in [0, 0.05) is 30.6 Å². The van der Waals surface area contributed by atoms with Crippen LogP contribution >= 0.6 is 11.6 Å². The van der Waals surface area contributed by atoms with Crippen LogP contribution in [0.3, 0.4) is 0 Å². The fourth-order valence-electron chi connectivity index (χ4n) is 5.20. The van der Waals surface area contributed by atoms with Crippen LogP contribution in [0.5, 0.6) is 11.5 Å². The van der Waals surface area contributed by atoms with Crippen molar-refractivity contribution in [3.05, 3.63) is 58.0 Å². The Balaban J connectivity index is 1.24. The molecule has 38 heavy (non-hydrogen) atoms. The lowest BCUT2D eigenvalue weighted by molar-refractivity contribution is -0.142. The number of benzene rings is 2. The summed E-state index contributed by atoms with van der Waals surface area (Å²) in [5, 5.41) is 15.1. The largest absolute Gasteiger partial charge is 0.489 e. The van der Waals surface area contributed by atoms with Crippen molar-refractivity contribution in [1.29, 1.82) is 0 Å². The van der Waals surface area contributed by atoms with Gasteiger partial charge in [0.1, 0.15) is 30.5 Å². The summed E-state index contributed by atoms with van der Waals surface area (Å²) in [6.07, 6.45) is 4.03. The summed E-state index contributed by atoms with van der Waals surface area (Å²) in [7, 11) is 0. The van der Waals surface area contributed by atoms with E-state index in [0.29, 0.717) is 60.7 Å². The van der Waals surface area contributed by atoms with Crippen LogP contribution in [-0.2, 0) is 17.9 Å². The number of carbonyl (C=O) groups is 1. The van der Waals surface area contributed by atoms with Crippen LogP contribution in [0.15, 0.2) is 35.9 Å². The minimum Gasteiger partial charge on any atom is -0.489 e. The van der Waals surface area contributed by atoms with Crippen LogP contribution in [-0.4, -0.2) is 52.0 Å². The summed E-state index contributed by atoms with van der Waals surface area (Å²) in [5.41, 5.74) is 3.28. The Hall–Kier alpha value is -3.10. The average molecular weight is 542 g/mol. The molecule has 9 heteroatoms. The molecule has 7 nitrogen and oxygen atoms in total. The first kappa shape index (κ1) is 26.5. The number of ether oxygens (including phenoxy) is 2. The highest BCUT2D eigenvalue weighted by molar-refractivity contribution is 6.34. The van der Waals surface area contributed by atoms with Gasteiger partial charge >= 0.3 is 5.97 Å². The molecule has 0 saturated carbocycles. The van der Waals surface area contributed by atoms with Gasteiger partial charge in [0.25, 0.3) is 0 Å². The van der Waals surface area contributed by atoms with Crippen LogP contribution in [0.25, 0.3) is 17.0 Å². The molecule has 2 aliphatic heterocycles. The third-order valence-electron chi connectivity index (χ3n) is 7.14. The van der Waals surface area contributed by atoms with Gasteiger partial charge < -0.3 is 14.6 Å². The summed E-state index contributed by atoms with van der Waals surface area (Å²) in [6.45, 7) is 7.86. The highest BCUT2D eigenvalue weighted by atomic mass is 35.5. The number of halogens is 2. The molecule has 0 amide bonds. The molecule has 1 fully saturated rings. The number of hydrogen-bond donors (Lipinski definition) is 1. The van der Waals surface area contributed by atoms with Crippen molar-refractivity contribution in [2.45, 2.75) is 46.3 Å². The van der Waals surface area contributed by atoms with Crippen molar-refractivity contribution in [3.63, 3.8) is 0 Å². The van der Waals surface area contributed by atoms with Crippen molar-refractivity contribution in [3.8, 4) is 11.5 Å². The SMILES string of the molecule is CC(C)Cn1nc(Cl)c2cc(COc3cc(F)c4c(c3)OCC(CN3CCCC(C(=O)O)CC3)=C4)ccc21. The molecule has 1 unspecified atom stereocenters. The zero-order valence-corrected chi connectivity index (χ0v) is 22.5. The molecule has 3 heterocycles. The topological polar surface area (TPSA) is 76.8 Å². The number of hydrogen-bond acceptors (Lipinski definition) is 5. The van der Waals surface area contributed by atoms with E-state index in [2.05, 4.69) is 23.8 Å². The number of rotatable bonds is 8. The molecule has 202 valence electrons. The van der Waals surface area contributed by atoms with Crippen molar-refractivity contribution in [2.24, 2.45) is 11.8 Å². The average Bonchev–Trinajstić information content (AvgIpc) is 3.03. The molecule has 1 aromatic heterocycles. The lowest BCUT2D eigenvalue weighted by Gasteiger charge is -2.25. The number of aliphatic carboxylic acids is 1. The first-order chi connectivity index (χ1) is 18.3. The Bertz CT molecular complexity index is 1370. The van der Waals surface area contributed by atoms with E-state index in [1.54, 1.807) is 6.07 Å². The normalized spacial score (nSPS) is 18.1. The van der Waals surface area contributed by atoms with Gasteiger partial charge in [0.2, 0.25) is 0 Å². The van der Waals surface area contributed by atoms with Gasteiger partial charge in [-0.2, -0.15) is 5.10 Å². The van der Waals surface area contributed by atoms with Gasteiger partial charge in [-0.05, 0) is 67.6 Å². The van der Waals surface area contributed by atoms with Crippen LogP contribution in [0.1, 0.15) is 44.2 Å². The Morgan fingerprint density at radius 2 is 2.11 bits per heavy atom. The number of nitrogens with zero attached hydrogens (tertiary/aromatic N) is 3. The molecule has 0 bridgehead atoms. The van der Waals surface area contributed by atoms with E-state index in [-0.39, 0.29) is 12.5 Å². The Kier molecular flexibility index (Phi) is 7.91. The van der Waals surface area contributed by atoms with Gasteiger partial charge in [0.15, 0.2) is 5.15 Å². The predicted molar refractivity (Wildman–Crippen MR) is 145 cm³/mol. The van der Waals surface area contributed by atoms with Crippen LogP contribution in [0.2, 0.25) is 5.15 Å². The molecule has 5 rings (SSSR count). The molecule has 1 atom stereocenters. The second-order valence-corrected chi connectivity index (χ2v) is 11.0. The molecule has 1 saturated heterocycles. The quantitative estimate of drug-likeness (QED) is 0.375. The Morgan fingerprint density at radius 1 is 1.26 bits per heavy atom. The van der Waals surface area contributed by atoms with Crippen molar-refractivity contribution in [2.75, 3.05) is 26.2 Å². The number of carboxylic acid groups (broad SMARTS) is 1. The van der Waals surface area contributed by atoms with E-state index >= 15 is 4.39 Å². The first-order valence-electron chi connectivity index (χ1n) is 13.2.